The van der Waals surface area contributed by atoms with E-state index in [1.165, 1.54) is 16.8 Å². The van der Waals surface area contributed by atoms with E-state index in [-0.39, 0.29) is 5.41 Å². The molecule has 0 saturated carbocycles. The Hall–Kier alpha value is -1.96. The van der Waals surface area contributed by atoms with Gasteiger partial charge in [0, 0.05) is 17.8 Å². The Morgan fingerprint density at radius 2 is 1.71 bits per heavy atom. The van der Waals surface area contributed by atoms with Gasteiger partial charge < -0.3 is 10.1 Å². The fourth-order valence-corrected chi connectivity index (χ4v) is 3.03. The van der Waals surface area contributed by atoms with E-state index in [0.717, 1.165) is 18.9 Å². The Kier molecular flexibility index (Phi) is 1.63. The zero-order valence-electron chi connectivity index (χ0n) is 9.44. The molecule has 0 aliphatic carbocycles. The lowest BCUT2D eigenvalue weighted by Crippen LogP contribution is -2.31. The molecule has 0 aromatic heterocycles. The van der Waals surface area contributed by atoms with Crippen LogP contribution in [0.2, 0.25) is 0 Å². The van der Waals surface area contributed by atoms with E-state index in [1.54, 1.807) is 0 Å². The number of ether oxygens (including phenoxy) is 1. The molecule has 2 heterocycles. The predicted molar refractivity (Wildman–Crippen MR) is 67.6 cm³/mol. The van der Waals surface area contributed by atoms with E-state index in [0.29, 0.717) is 0 Å². The zero-order chi connectivity index (χ0) is 11.3. The molecule has 0 radical (unpaired) electrons. The van der Waals surface area contributed by atoms with Crippen molar-refractivity contribution in [1.29, 1.82) is 0 Å². The number of fused-ring (bicyclic) bond motifs is 4. The normalized spacial score (nSPS) is 24.0. The Balaban J connectivity index is 1.97. The molecule has 2 heteroatoms. The second kappa shape index (κ2) is 3.04. The summed E-state index contributed by atoms with van der Waals surface area (Å²) in [5.74, 6) is 1.03. The average molecular weight is 223 g/mol. The number of anilines is 1. The van der Waals surface area contributed by atoms with Gasteiger partial charge in [-0.05, 0) is 17.7 Å². The Labute approximate surface area is 100 Å². The summed E-state index contributed by atoms with van der Waals surface area (Å²) in [6.45, 7) is 1.68. The maximum absolute atomic E-state index is 5.85. The summed E-state index contributed by atoms with van der Waals surface area (Å²) in [5, 5.41) is 3.49. The topological polar surface area (TPSA) is 21.3 Å². The van der Waals surface area contributed by atoms with Crippen LogP contribution in [-0.2, 0) is 5.41 Å². The van der Waals surface area contributed by atoms with E-state index in [1.807, 2.05) is 6.07 Å². The summed E-state index contributed by atoms with van der Waals surface area (Å²) in [4.78, 5) is 0. The van der Waals surface area contributed by atoms with Crippen LogP contribution in [0, 0.1) is 0 Å². The molecule has 84 valence electrons. The fraction of sp³-hybridized carbons (Fsp3) is 0.200. The van der Waals surface area contributed by atoms with Crippen molar-refractivity contribution in [2.75, 3.05) is 18.5 Å². The van der Waals surface area contributed by atoms with Crippen molar-refractivity contribution in [3.8, 4) is 5.75 Å². The molecule has 4 rings (SSSR count). The van der Waals surface area contributed by atoms with Gasteiger partial charge in [-0.15, -0.1) is 0 Å². The van der Waals surface area contributed by atoms with Crippen LogP contribution in [0.1, 0.15) is 11.1 Å². The van der Waals surface area contributed by atoms with Gasteiger partial charge in [-0.1, -0.05) is 36.4 Å². The first kappa shape index (κ1) is 9.11. The van der Waals surface area contributed by atoms with Crippen molar-refractivity contribution in [2.24, 2.45) is 0 Å². The summed E-state index contributed by atoms with van der Waals surface area (Å²) in [5.41, 5.74) is 3.95. The molecule has 2 aliphatic rings. The summed E-state index contributed by atoms with van der Waals surface area (Å²) in [6, 6.07) is 16.9. The average Bonchev–Trinajstić information content (AvgIpc) is 2.95. The third kappa shape index (κ3) is 1.05. The van der Waals surface area contributed by atoms with Crippen LogP contribution in [0.5, 0.6) is 5.75 Å². The number of rotatable bonds is 0. The Bertz CT molecular complexity index is 537. The van der Waals surface area contributed by atoms with Crippen LogP contribution >= 0.6 is 0 Å². The minimum absolute atomic E-state index is 0.0210. The molecule has 2 aromatic rings. The SMILES string of the molecule is c1ccc2c(c1)NCC21COc2ccccc21. The molecule has 2 nitrogen and oxygen atoms in total. The molecular weight excluding hydrogens is 210 g/mol. The highest BCUT2D eigenvalue weighted by Gasteiger charge is 2.46. The first-order valence-corrected chi connectivity index (χ1v) is 5.96. The standard InChI is InChI=1S/C15H13NO/c1-3-7-13-11(5-1)15(9-16-13)10-17-14-8-4-2-6-12(14)15/h1-8,16H,9-10H2. The highest BCUT2D eigenvalue weighted by Crippen LogP contribution is 2.48. The third-order valence-electron chi connectivity index (χ3n) is 3.90. The third-order valence-corrected chi connectivity index (χ3v) is 3.90. The Morgan fingerprint density at radius 1 is 0.941 bits per heavy atom. The minimum Gasteiger partial charge on any atom is -0.492 e. The van der Waals surface area contributed by atoms with Gasteiger partial charge in [0.1, 0.15) is 12.4 Å². The van der Waals surface area contributed by atoms with Crippen LogP contribution in [0.3, 0.4) is 0 Å². The maximum Gasteiger partial charge on any atom is 0.123 e. The highest BCUT2D eigenvalue weighted by molar-refractivity contribution is 5.67. The van der Waals surface area contributed by atoms with Gasteiger partial charge in [0.05, 0.1) is 5.41 Å². The zero-order valence-corrected chi connectivity index (χ0v) is 9.44. The predicted octanol–water partition coefficient (Wildman–Crippen LogP) is 2.79. The van der Waals surface area contributed by atoms with Gasteiger partial charge in [-0.2, -0.15) is 0 Å². The summed E-state index contributed by atoms with van der Waals surface area (Å²) in [6.07, 6.45) is 0. The molecule has 0 saturated heterocycles. The Morgan fingerprint density at radius 3 is 2.65 bits per heavy atom. The van der Waals surface area contributed by atoms with Crippen molar-refractivity contribution in [1.82, 2.24) is 0 Å². The lowest BCUT2D eigenvalue weighted by molar-refractivity contribution is 0.303. The second-order valence-corrected chi connectivity index (χ2v) is 4.77. The van der Waals surface area contributed by atoms with E-state index in [2.05, 4.69) is 47.8 Å². The first-order valence-electron chi connectivity index (χ1n) is 5.96. The molecule has 1 N–H and O–H groups in total. The summed E-state index contributed by atoms with van der Waals surface area (Å²) >= 11 is 0. The molecule has 2 aliphatic heterocycles. The summed E-state index contributed by atoms with van der Waals surface area (Å²) < 4.78 is 5.85. The van der Waals surface area contributed by atoms with E-state index in [9.17, 15) is 0 Å². The van der Waals surface area contributed by atoms with Gasteiger partial charge in [0.25, 0.3) is 0 Å². The van der Waals surface area contributed by atoms with Crippen molar-refractivity contribution in [3.63, 3.8) is 0 Å². The largest absolute Gasteiger partial charge is 0.492 e. The molecule has 2 aromatic carbocycles. The van der Waals surface area contributed by atoms with E-state index < -0.39 is 0 Å². The number of hydrogen-bond acceptors (Lipinski definition) is 2. The number of hydrogen-bond donors (Lipinski definition) is 1. The monoisotopic (exact) mass is 223 g/mol. The maximum atomic E-state index is 5.85. The molecular formula is C15H13NO. The number of benzene rings is 2. The molecule has 17 heavy (non-hydrogen) atoms. The fourth-order valence-electron chi connectivity index (χ4n) is 3.03. The number of nitrogens with one attached hydrogen (secondary N) is 1. The van der Waals surface area contributed by atoms with Gasteiger partial charge in [0.2, 0.25) is 0 Å². The van der Waals surface area contributed by atoms with Gasteiger partial charge in [0.15, 0.2) is 0 Å². The number of para-hydroxylation sites is 2. The highest BCUT2D eigenvalue weighted by atomic mass is 16.5. The lowest BCUT2D eigenvalue weighted by atomic mass is 9.78. The molecule has 0 fully saturated rings. The molecule has 1 unspecified atom stereocenters. The molecule has 0 amide bonds. The van der Waals surface area contributed by atoms with Crippen molar-refractivity contribution >= 4 is 5.69 Å². The van der Waals surface area contributed by atoms with Crippen molar-refractivity contribution < 1.29 is 4.74 Å². The van der Waals surface area contributed by atoms with Crippen molar-refractivity contribution in [3.05, 3.63) is 59.7 Å². The van der Waals surface area contributed by atoms with Gasteiger partial charge in [-0.3, -0.25) is 0 Å². The van der Waals surface area contributed by atoms with E-state index >= 15 is 0 Å². The van der Waals surface area contributed by atoms with Crippen LogP contribution in [0.4, 0.5) is 5.69 Å². The van der Waals surface area contributed by atoms with Gasteiger partial charge >= 0.3 is 0 Å². The van der Waals surface area contributed by atoms with E-state index in [4.69, 9.17) is 4.74 Å². The first-order chi connectivity index (χ1) is 8.40. The van der Waals surface area contributed by atoms with Crippen LogP contribution < -0.4 is 10.1 Å². The van der Waals surface area contributed by atoms with Crippen LogP contribution in [0.25, 0.3) is 0 Å². The van der Waals surface area contributed by atoms with Gasteiger partial charge in [-0.25, -0.2) is 0 Å². The molecule has 1 atom stereocenters. The smallest absolute Gasteiger partial charge is 0.123 e. The van der Waals surface area contributed by atoms with Crippen molar-refractivity contribution in [2.45, 2.75) is 5.41 Å². The molecule has 1 spiro atoms. The minimum atomic E-state index is 0.0210. The quantitative estimate of drug-likeness (QED) is 0.741. The second-order valence-electron chi connectivity index (χ2n) is 4.77. The lowest BCUT2D eigenvalue weighted by Gasteiger charge is -2.21. The summed E-state index contributed by atoms with van der Waals surface area (Å²) in [7, 11) is 0. The molecule has 0 bridgehead atoms. The van der Waals surface area contributed by atoms with Crippen LogP contribution in [-0.4, -0.2) is 13.2 Å². The van der Waals surface area contributed by atoms with Crippen LogP contribution in [0.15, 0.2) is 48.5 Å².